The quantitative estimate of drug-likeness (QED) is 0.789. The normalized spacial score (nSPS) is 13.3. The van der Waals surface area contributed by atoms with E-state index < -0.39 is 11.6 Å². The van der Waals surface area contributed by atoms with Crippen LogP contribution in [0.15, 0.2) is 41.0 Å². The molecule has 1 heterocycles. The highest BCUT2D eigenvalue weighted by Gasteiger charge is 2.26. The van der Waals surface area contributed by atoms with Crippen LogP contribution in [0, 0.1) is 0 Å². The molecule has 118 valence electrons. The van der Waals surface area contributed by atoms with Crippen LogP contribution in [0.2, 0.25) is 5.02 Å². The van der Waals surface area contributed by atoms with Crippen LogP contribution in [0.25, 0.3) is 0 Å². The summed E-state index contributed by atoms with van der Waals surface area (Å²) in [5.41, 5.74) is -0.871. The molecule has 2 rings (SSSR count). The van der Waals surface area contributed by atoms with Gasteiger partial charge in [0.25, 0.3) is 0 Å². The first-order valence-corrected chi connectivity index (χ1v) is 6.95. The lowest BCUT2D eigenvalue weighted by Gasteiger charge is -2.21. The maximum absolute atomic E-state index is 11.9. The van der Waals surface area contributed by atoms with Crippen LogP contribution in [-0.4, -0.2) is 24.8 Å². The average Bonchev–Trinajstić information content (AvgIpc) is 3.01. The van der Waals surface area contributed by atoms with Crippen molar-refractivity contribution in [2.75, 3.05) is 19.0 Å². The molecule has 0 radical (unpaired) electrons. The second-order valence-electron chi connectivity index (χ2n) is 4.88. The van der Waals surface area contributed by atoms with Crippen LogP contribution in [0.1, 0.15) is 12.7 Å². The standard InChI is InChI=1S/C15H17ClN2O4/c1-15(20,12-7-4-8-22-12)9-17-14(19)18-11-6-3-5-10(16)13(11)21-2/h3-8,20H,9H2,1-2H3,(H2,17,18,19)/t15-/m1/s1. The van der Waals surface area contributed by atoms with E-state index in [4.69, 9.17) is 20.8 Å². The molecule has 1 aromatic carbocycles. The molecular formula is C15H17ClN2O4. The zero-order valence-electron chi connectivity index (χ0n) is 12.2. The summed E-state index contributed by atoms with van der Waals surface area (Å²) in [5.74, 6) is 0.741. The van der Waals surface area contributed by atoms with E-state index in [0.717, 1.165) is 0 Å². The van der Waals surface area contributed by atoms with Crippen molar-refractivity contribution >= 4 is 23.3 Å². The van der Waals surface area contributed by atoms with E-state index in [-0.39, 0.29) is 6.54 Å². The number of methoxy groups -OCH3 is 1. The van der Waals surface area contributed by atoms with Crippen molar-refractivity contribution in [3.63, 3.8) is 0 Å². The van der Waals surface area contributed by atoms with E-state index >= 15 is 0 Å². The Balaban J connectivity index is 1.98. The van der Waals surface area contributed by atoms with Crippen LogP contribution in [0.5, 0.6) is 5.75 Å². The number of carbonyl (C=O) groups is 1. The van der Waals surface area contributed by atoms with Crippen molar-refractivity contribution in [3.05, 3.63) is 47.4 Å². The van der Waals surface area contributed by atoms with Gasteiger partial charge < -0.3 is 24.9 Å². The summed E-state index contributed by atoms with van der Waals surface area (Å²) < 4.78 is 10.3. The fourth-order valence-electron chi connectivity index (χ4n) is 1.91. The fourth-order valence-corrected chi connectivity index (χ4v) is 2.16. The van der Waals surface area contributed by atoms with E-state index in [0.29, 0.717) is 22.2 Å². The largest absolute Gasteiger partial charge is 0.493 e. The van der Waals surface area contributed by atoms with Crippen LogP contribution < -0.4 is 15.4 Å². The van der Waals surface area contributed by atoms with Gasteiger partial charge in [-0.3, -0.25) is 0 Å². The topological polar surface area (TPSA) is 83.7 Å². The molecule has 3 N–H and O–H groups in total. The van der Waals surface area contributed by atoms with Crippen molar-refractivity contribution in [3.8, 4) is 5.75 Å². The van der Waals surface area contributed by atoms with Gasteiger partial charge in [-0.05, 0) is 31.2 Å². The van der Waals surface area contributed by atoms with Gasteiger partial charge in [-0.1, -0.05) is 17.7 Å². The number of benzene rings is 1. The average molecular weight is 325 g/mol. The number of ether oxygens (including phenoxy) is 1. The summed E-state index contributed by atoms with van der Waals surface area (Å²) in [5, 5.41) is 15.8. The molecule has 1 atom stereocenters. The number of furan rings is 1. The molecule has 7 heteroatoms. The first-order chi connectivity index (χ1) is 10.4. The lowest BCUT2D eigenvalue weighted by atomic mass is 10.0. The smallest absolute Gasteiger partial charge is 0.319 e. The van der Waals surface area contributed by atoms with E-state index in [1.807, 2.05) is 0 Å². The van der Waals surface area contributed by atoms with Crippen LogP contribution in [-0.2, 0) is 5.60 Å². The number of rotatable bonds is 5. The zero-order chi connectivity index (χ0) is 16.2. The summed E-state index contributed by atoms with van der Waals surface area (Å²) >= 11 is 5.98. The number of anilines is 1. The van der Waals surface area contributed by atoms with Gasteiger partial charge in [-0.25, -0.2) is 4.79 Å². The summed E-state index contributed by atoms with van der Waals surface area (Å²) in [6.45, 7) is 1.53. The number of carbonyl (C=O) groups excluding carboxylic acids is 1. The van der Waals surface area contributed by atoms with E-state index in [1.54, 1.807) is 37.3 Å². The molecule has 0 unspecified atom stereocenters. The minimum atomic E-state index is -1.31. The van der Waals surface area contributed by atoms with Crippen molar-refractivity contribution in [2.24, 2.45) is 0 Å². The summed E-state index contributed by atoms with van der Waals surface area (Å²) in [6, 6.07) is 7.83. The molecular weight excluding hydrogens is 308 g/mol. The number of nitrogens with one attached hydrogen (secondary N) is 2. The zero-order valence-corrected chi connectivity index (χ0v) is 13.0. The van der Waals surface area contributed by atoms with E-state index in [1.165, 1.54) is 13.4 Å². The van der Waals surface area contributed by atoms with Gasteiger partial charge in [-0.15, -0.1) is 0 Å². The molecule has 0 aliphatic heterocycles. The lowest BCUT2D eigenvalue weighted by Crippen LogP contribution is -2.40. The van der Waals surface area contributed by atoms with Crippen molar-refractivity contribution < 1.29 is 19.1 Å². The van der Waals surface area contributed by atoms with Gasteiger partial charge >= 0.3 is 6.03 Å². The number of para-hydroxylation sites is 1. The van der Waals surface area contributed by atoms with Crippen molar-refractivity contribution in [1.29, 1.82) is 0 Å². The Hall–Kier alpha value is -2.18. The van der Waals surface area contributed by atoms with E-state index in [9.17, 15) is 9.90 Å². The molecule has 0 bridgehead atoms. The number of aliphatic hydroxyl groups is 1. The molecule has 0 saturated heterocycles. The lowest BCUT2D eigenvalue weighted by molar-refractivity contribution is 0.0372. The molecule has 6 nitrogen and oxygen atoms in total. The highest BCUT2D eigenvalue weighted by atomic mass is 35.5. The second-order valence-corrected chi connectivity index (χ2v) is 5.29. The molecule has 2 amide bonds. The summed E-state index contributed by atoms with van der Waals surface area (Å²) in [4.78, 5) is 11.9. The Kier molecular flexibility index (Phi) is 4.95. The van der Waals surface area contributed by atoms with Gasteiger partial charge in [0.1, 0.15) is 11.4 Å². The van der Waals surface area contributed by atoms with Crippen LogP contribution >= 0.6 is 11.6 Å². The van der Waals surface area contributed by atoms with Crippen LogP contribution in [0.4, 0.5) is 10.5 Å². The summed E-state index contributed by atoms with van der Waals surface area (Å²) in [6.07, 6.45) is 1.46. The maximum atomic E-state index is 11.9. The highest BCUT2D eigenvalue weighted by molar-refractivity contribution is 6.32. The number of hydrogen-bond donors (Lipinski definition) is 3. The Labute approximate surface area is 133 Å². The third-order valence-corrected chi connectivity index (χ3v) is 3.36. The van der Waals surface area contributed by atoms with Gasteiger partial charge in [0.2, 0.25) is 0 Å². The van der Waals surface area contributed by atoms with Crippen LogP contribution in [0.3, 0.4) is 0 Å². The molecule has 0 saturated carbocycles. The highest BCUT2D eigenvalue weighted by Crippen LogP contribution is 2.32. The first kappa shape index (κ1) is 16.2. The van der Waals surface area contributed by atoms with Crippen molar-refractivity contribution in [1.82, 2.24) is 5.32 Å². The van der Waals surface area contributed by atoms with Crippen molar-refractivity contribution in [2.45, 2.75) is 12.5 Å². The minimum absolute atomic E-state index is 0.0186. The monoisotopic (exact) mass is 324 g/mol. The number of urea groups is 1. The second kappa shape index (κ2) is 6.72. The molecule has 0 aliphatic carbocycles. The van der Waals surface area contributed by atoms with Gasteiger partial charge in [-0.2, -0.15) is 0 Å². The Morgan fingerprint density at radius 2 is 2.18 bits per heavy atom. The first-order valence-electron chi connectivity index (χ1n) is 6.58. The molecule has 2 aromatic rings. The third-order valence-electron chi connectivity index (χ3n) is 3.06. The van der Waals surface area contributed by atoms with Gasteiger partial charge in [0.05, 0.1) is 30.6 Å². The molecule has 22 heavy (non-hydrogen) atoms. The maximum Gasteiger partial charge on any atom is 0.319 e. The van der Waals surface area contributed by atoms with E-state index in [2.05, 4.69) is 10.6 Å². The molecule has 0 aliphatic rings. The van der Waals surface area contributed by atoms with Gasteiger partial charge in [0, 0.05) is 0 Å². The Bertz CT molecular complexity index is 641. The SMILES string of the molecule is COc1c(Cl)cccc1NC(=O)NC[C@@](C)(O)c1ccco1. The predicted octanol–water partition coefficient (Wildman–Crippen LogP) is 2.97. The minimum Gasteiger partial charge on any atom is -0.493 e. The third kappa shape index (κ3) is 3.72. The molecule has 1 aromatic heterocycles. The Morgan fingerprint density at radius 3 is 2.82 bits per heavy atom. The Morgan fingerprint density at radius 1 is 1.41 bits per heavy atom. The number of amides is 2. The molecule has 0 spiro atoms. The summed E-state index contributed by atoms with van der Waals surface area (Å²) in [7, 11) is 1.46. The number of halogens is 1. The number of hydrogen-bond acceptors (Lipinski definition) is 4. The predicted molar refractivity (Wildman–Crippen MR) is 83.3 cm³/mol. The van der Waals surface area contributed by atoms with Gasteiger partial charge in [0.15, 0.2) is 5.75 Å². The fraction of sp³-hybridized carbons (Fsp3) is 0.267. The molecule has 0 fully saturated rings.